The molecule has 0 atom stereocenters. The van der Waals surface area contributed by atoms with Crippen molar-refractivity contribution in [1.82, 2.24) is 9.97 Å². The maximum atomic E-state index is 5.88. The maximum absolute atomic E-state index is 5.88. The highest BCUT2D eigenvalue weighted by molar-refractivity contribution is 5.53. The van der Waals surface area contributed by atoms with Gasteiger partial charge in [0.15, 0.2) is 0 Å². The minimum Gasteiger partial charge on any atom is -0.476 e. The van der Waals surface area contributed by atoms with E-state index in [2.05, 4.69) is 29.1 Å². The summed E-state index contributed by atoms with van der Waals surface area (Å²) in [6, 6.07) is 9.59. The molecule has 3 N–H and O–H groups in total. The summed E-state index contributed by atoms with van der Waals surface area (Å²) in [6.07, 6.45) is 0. The Morgan fingerprint density at radius 3 is 2.71 bits per heavy atom. The lowest BCUT2D eigenvalue weighted by Crippen LogP contribution is -2.09. The molecule has 2 aromatic heterocycles. The first kappa shape index (κ1) is 15.1. The normalized spacial score (nSPS) is 10.7. The Hall–Kier alpha value is -2.30. The van der Waals surface area contributed by atoms with E-state index in [-0.39, 0.29) is 0 Å². The predicted octanol–water partition coefficient (Wildman–Crippen LogP) is 3.01. The molecule has 2 rings (SSSR count). The van der Waals surface area contributed by atoms with Crippen molar-refractivity contribution < 1.29 is 4.74 Å². The van der Waals surface area contributed by atoms with Crippen molar-refractivity contribution in [3.05, 3.63) is 41.7 Å². The van der Waals surface area contributed by atoms with E-state index in [4.69, 9.17) is 10.5 Å². The van der Waals surface area contributed by atoms with Crippen molar-refractivity contribution in [3.8, 4) is 5.88 Å². The number of nitrogens with zero attached hydrogens (tertiary/aromatic N) is 2. The van der Waals surface area contributed by atoms with Crippen molar-refractivity contribution in [3.63, 3.8) is 0 Å². The summed E-state index contributed by atoms with van der Waals surface area (Å²) in [7, 11) is 0. The molecule has 0 radical (unpaired) electrons. The Labute approximate surface area is 125 Å². The van der Waals surface area contributed by atoms with E-state index in [1.165, 1.54) is 0 Å². The molecule has 0 saturated heterocycles. The molecule has 0 aliphatic carbocycles. The van der Waals surface area contributed by atoms with E-state index in [9.17, 15) is 0 Å². The van der Waals surface area contributed by atoms with Crippen LogP contribution in [-0.4, -0.2) is 16.6 Å². The van der Waals surface area contributed by atoms with Gasteiger partial charge < -0.3 is 15.8 Å². The number of hydrogen-bond donors (Lipinski definition) is 2. The summed E-state index contributed by atoms with van der Waals surface area (Å²) in [6.45, 7) is 7.36. The second kappa shape index (κ2) is 6.92. The Morgan fingerprint density at radius 1 is 1.19 bits per heavy atom. The van der Waals surface area contributed by atoms with Gasteiger partial charge in [-0.3, -0.25) is 4.98 Å². The van der Waals surface area contributed by atoms with Gasteiger partial charge in [-0.2, -0.15) is 4.98 Å². The molecule has 112 valence electrons. The summed E-state index contributed by atoms with van der Waals surface area (Å²) >= 11 is 0. The summed E-state index contributed by atoms with van der Waals surface area (Å²) < 4.78 is 5.62. The van der Waals surface area contributed by atoms with Crippen LogP contribution >= 0.6 is 0 Å². The van der Waals surface area contributed by atoms with E-state index in [0.29, 0.717) is 30.6 Å². The largest absolute Gasteiger partial charge is 0.476 e. The molecule has 0 saturated carbocycles. The van der Waals surface area contributed by atoms with E-state index < -0.39 is 0 Å². The maximum Gasteiger partial charge on any atom is 0.239 e. The first-order chi connectivity index (χ1) is 10.0. The molecule has 2 heterocycles. The highest BCUT2D eigenvalue weighted by atomic mass is 16.5. The monoisotopic (exact) mass is 286 g/mol. The highest BCUT2D eigenvalue weighted by Crippen LogP contribution is 2.21. The Balaban J connectivity index is 2.01. The zero-order chi connectivity index (χ0) is 15.2. The molecule has 0 aromatic carbocycles. The number of nitrogen functional groups attached to an aromatic ring is 1. The first-order valence-electron chi connectivity index (χ1n) is 7.10. The van der Waals surface area contributed by atoms with Crippen molar-refractivity contribution in [2.45, 2.75) is 27.3 Å². The highest BCUT2D eigenvalue weighted by Gasteiger charge is 2.06. The lowest BCUT2D eigenvalue weighted by atomic mass is 10.2. The number of hydrogen-bond acceptors (Lipinski definition) is 5. The predicted molar refractivity (Wildman–Crippen MR) is 85.3 cm³/mol. The van der Waals surface area contributed by atoms with E-state index in [1.807, 2.05) is 31.2 Å². The minimum atomic E-state index is 0.430. The van der Waals surface area contributed by atoms with Crippen LogP contribution in [0.5, 0.6) is 5.88 Å². The number of aryl methyl sites for hydroxylation is 1. The van der Waals surface area contributed by atoms with Crippen LogP contribution in [0, 0.1) is 12.8 Å². The van der Waals surface area contributed by atoms with Crippen LogP contribution in [-0.2, 0) is 6.54 Å². The molecule has 5 heteroatoms. The fourth-order valence-electron chi connectivity index (χ4n) is 1.79. The fraction of sp³-hybridized carbons (Fsp3) is 0.375. The number of rotatable bonds is 6. The molecular weight excluding hydrogens is 264 g/mol. The quantitative estimate of drug-likeness (QED) is 0.854. The molecular formula is C16H22N4O. The van der Waals surface area contributed by atoms with Gasteiger partial charge in [0.25, 0.3) is 0 Å². The van der Waals surface area contributed by atoms with Crippen molar-refractivity contribution in [1.29, 1.82) is 0 Å². The van der Waals surface area contributed by atoms with Gasteiger partial charge in [-0.15, -0.1) is 0 Å². The van der Waals surface area contributed by atoms with Gasteiger partial charge in [-0.05, 0) is 37.1 Å². The van der Waals surface area contributed by atoms with E-state index >= 15 is 0 Å². The Bertz CT molecular complexity index is 599. The smallest absolute Gasteiger partial charge is 0.239 e. The molecule has 0 amide bonds. The van der Waals surface area contributed by atoms with Gasteiger partial charge in [0, 0.05) is 5.69 Å². The molecule has 0 aliphatic heterocycles. The molecule has 5 nitrogen and oxygen atoms in total. The van der Waals surface area contributed by atoms with Gasteiger partial charge in [-0.1, -0.05) is 19.9 Å². The number of aromatic nitrogens is 2. The molecule has 21 heavy (non-hydrogen) atoms. The minimum absolute atomic E-state index is 0.430. The average Bonchev–Trinajstić information content (AvgIpc) is 2.45. The van der Waals surface area contributed by atoms with Gasteiger partial charge in [0.2, 0.25) is 5.88 Å². The number of anilines is 2. The SMILES string of the molecule is Cc1cccc(CNc2ccc(N)c(OCC(C)C)n2)n1. The van der Waals surface area contributed by atoms with Crippen LogP contribution in [0.4, 0.5) is 11.5 Å². The summed E-state index contributed by atoms with van der Waals surface area (Å²) in [5, 5.41) is 3.23. The van der Waals surface area contributed by atoms with E-state index in [0.717, 1.165) is 17.2 Å². The lowest BCUT2D eigenvalue weighted by Gasteiger charge is -2.12. The molecule has 0 aliphatic rings. The molecule has 0 bridgehead atoms. The number of nitrogens with two attached hydrogens (primary N) is 1. The summed E-state index contributed by atoms with van der Waals surface area (Å²) in [5.74, 6) is 1.64. The zero-order valence-electron chi connectivity index (χ0n) is 12.8. The third-order valence-corrected chi connectivity index (χ3v) is 2.84. The Kier molecular flexibility index (Phi) is 4.98. The fourth-order valence-corrected chi connectivity index (χ4v) is 1.79. The van der Waals surface area contributed by atoms with Gasteiger partial charge in [-0.25, -0.2) is 0 Å². The van der Waals surface area contributed by atoms with Gasteiger partial charge in [0.05, 0.1) is 24.5 Å². The first-order valence-corrected chi connectivity index (χ1v) is 7.10. The van der Waals surface area contributed by atoms with E-state index in [1.54, 1.807) is 6.07 Å². The summed E-state index contributed by atoms with van der Waals surface area (Å²) in [5.41, 5.74) is 8.40. The van der Waals surface area contributed by atoms with Gasteiger partial charge in [0.1, 0.15) is 5.82 Å². The van der Waals surface area contributed by atoms with Crippen molar-refractivity contribution >= 4 is 11.5 Å². The Morgan fingerprint density at radius 2 is 2.00 bits per heavy atom. The number of pyridine rings is 2. The molecule has 0 spiro atoms. The van der Waals surface area contributed by atoms with Crippen LogP contribution in [0.2, 0.25) is 0 Å². The third-order valence-electron chi connectivity index (χ3n) is 2.84. The topological polar surface area (TPSA) is 73.1 Å². The van der Waals surface area contributed by atoms with Crippen LogP contribution in [0.3, 0.4) is 0 Å². The second-order valence-electron chi connectivity index (χ2n) is 5.42. The van der Waals surface area contributed by atoms with Gasteiger partial charge >= 0.3 is 0 Å². The van der Waals surface area contributed by atoms with Crippen molar-refractivity contribution in [2.24, 2.45) is 5.92 Å². The van der Waals surface area contributed by atoms with Crippen molar-refractivity contribution in [2.75, 3.05) is 17.7 Å². The molecule has 0 fully saturated rings. The molecule has 2 aromatic rings. The number of ether oxygens (including phenoxy) is 1. The lowest BCUT2D eigenvalue weighted by molar-refractivity contribution is 0.263. The summed E-state index contributed by atoms with van der Waals surface area (Å²) in [4.78, 5) is 8.84. The molecule has 0 unspecified atom stereocenters. The zero-order valence-corrected chi connectivity index (χ0v) is 12.8. The second-order valence-corrected chi connectivity index (χ2v) is 5.42. The van der Waals surface area contributed by atoms with Crippen LogP contribution in [0.25, 0.3) is 0 Å². The standard InChI is InChI=1S/C16H22N4O/c1-11(2)10-21-16-14(17)7-8-15(20-16)18-9-13-6-4-5-12(3)19-13/h4-8,11H,9-10,17H2,1-3H3,(H,18,20). The third kappa shape index (κ3) is 4.63. The van der Waals surface area contributed by atoms with Crippen LogP contribution < -0.4 is 15.8 Å². The van der Waals surface area contributed by atoms with Crippen LogP contribution in [0.15, 0.2) is 30.3 Å². The number of nitrogens with one attached hydrogen (secondary N) is 1. The average molecular weight is 286 g/mol. The van der Waals surface area contributed by atoms with Crippen LogP contribution in [0.1, 0.15) is 25.2 Å².